The molecule has 0 fully saturated rings. The van der Waals surface area contributed by atoms with Crippen LogP contribution in [0.25, 0.3) is 10.9 Å². The summed E-state index contributed by atoms with van der Waals surface area (Å²) in [5, 5.41) is 4.47. The Bertz CT molecular complexity index is 616. The molecule has 2 rings (SSSR count). The number of rotatable bonds is 6. The number of hydrogen-bond acceptors (Lipinski definition) is 3. The smallest absolute Gasteiger partial charge is 0.160 e. The van der Waals surface area contributed by atoms with Crippen molar-refractivity contribution in [2.75, 3.05) is 13.1 Å². The zero-order valence-corrected chi connectivity index (χ0v) is 15.7. The molecule has 1 N–H and O–H groups in total. The molecule has 1 aromatic heterocycles. The molecule has 0 amide bonds. The Morgan fingerprint density at radius 1 is 1.19 bits per heavy atom. The first-order chi connectivity index (χ1) is 9.99. The molecular weight excluding hydrogens is 396 g/mol. The van der Waals surface area contributed by atoms with Crippen LogP contribution >= 0.6 is 31.9 Å². The predicted octanol–water partition coefficient (Wildman–Crippen LogP) is 4.77. The first-order valence-corrected chi connectivity index (χ1v) is 8.67. The van der Waals surface area contributed by atoms with Gasteiger partial charge in [0, 0.05) is 22.6 Å². The molecule has 0 aliphatic heterocycles. The first-order valence-electron chi connectivity index (χ1n) is 7.09. The van der Waals surface area contributed by atoms with E-state index in [0.717, 1.165) is 38.7 Å². The van der Waals surface area contributed by atoms with E-state index in [1.165, 1.54) is 0 Å². The van der Waals surface area contributed by atoms with Gasteiger partial charge in [0.15, 0.2) is 5.75 Å². The fourth-order valence-electron chi connectivity index (χ4n) is 2.08. The van der Waals surface area contributed by atoms with Gasteiger partial charge < -0.3 is 10.1 Å². The number of nitrogens with zero attached hydrogens (tertiary/aromatic N) is 1. The molecule has 0 saturated heterocycles. The maximum Gasteiger partial charge on any atom is 0.160 e. The second-order valence-electron chi connectivity index (χ2n) is 5.55. The lowest BCUT2D eigenvalue weighted by Crippen LogP contribution is -2.31. The van der Waals surface area contributed by atoms with Gasteiger partial charge in [-0.2, -0.15) is 0 Å². The average Bonchev–Trinajstić information content (AvgIpc) is 2.43. The summed E-state index contributed by atoms with van der Waals surface area (Å²) in [6.45, 7) is 8.27. The SMILES string of the molecule is CC(C)CNCC(C)Oc1c(Br)cc(Br)c2cccnc12. The van der Waals surface area contributed by atoms with Crippen molar-refractivity contribution in [2.24, 2.45) is 5.92 Å². The third-order valence-corrected chi connectivity index (χ3v) is 4.30. The quantitative estimate of drug-likeness (QED) is 0.737. The van der Waals surface area contributed by atoms with Gasteiger partial charge in [-0.15, -0.1) is 0 Å². The molecule has 5 heteroatoms. The van der Waals surface area contributed by atoms with Gasteiger partial charge in [0.25, 0.3) is 0 Å². The Kier molecular flexibility index (Phi) is 6.02. The fourth-order valence-corrected chi connectivity index (χ4v) is 3.44. The van der Waals surface area contributed by atoms with E-state index in [1.54, 1.807) is 6.20 Å². The van der Waals surface area contributed by atoms with E-state index in [9.17, 15) is 0 Å². The summed E-state index contributed by atoms with van der Waals surface area (Å²) in [6.07, 6.45) is 1.86. The van der Waals surface area contributed by atoms with Crippen LogP contribution < -0.4 is 10.1 Å². The highest BCUT2D eigenvalue weighted by molar-refractivity contribution is 9.11. The molecule has 2 aromatic rings. The molecule has 0 radical (unpaired) electrons. The van der Waals surface area contributed by atoms with Crippen molar-refractivity contribution in [3.05, 3.63) is 33.3 Å². The summed E-state index contributed by atoms with van der Waals surface area (Å²) in [5.41, 5.74) is 0.870. The van der Waals surface area contributed by atoms with Crippen LogP contribution in [0.15, 0.2) is 33.3 Å². The summed E-state index contributed by atoms with van der Waals surface area (Å²) in [4.78, 5) is 4.46. The second kappa shape index (κ2) is 7.56. The Labute approximate surface area is 142 Å². The van der Waals surface area contributed by atoms with E-state index in [-0.39, 0.29) is 6.10 Å². The highest BCUT2D eigenvalue weighted by Gasteiger charge is 2.14. The van der Waals surface area contributed by atoms with Crippen LogP contribution in [-0.4, -0.2) is 24.2 Å². The lowest BCUT2D eigenvalue weighted by Gasteiger charge is -2.18. The van der Waals surface area contributed by atoms with Crippen molar-refractivity contribution in [1.29, 1.82) is 0 Å². The maximum atomic E-state index is 6.10. The molecule has 0 spiro atoms. The van der Waals surface area contributed by atoms with Gasteiger partial charge in [0.2, 0.25) is 0 Å². The monoisotopic (exact) mass is 414 g/mol. The highest BCUT2D eigenvalue weighted by atomic mass is 79.9. The van der Waals surface area contributed by atoms with Crippen LogP contribution in [0.1, 0.15) is 20.8 Å². The minimum atomic E-state index is 0.0754. The maximum absolute atomic E-state index is 6.10. The van der Waals surface area contributed by atoms with Gasteiger partial charge in [0.05, 0.1) is 4.47 Å². The average molecular weight is 416 g/mol. The molecule has 1 heterocycles. The van der Waals surface area contributed by atoms with Crippen LogP contribution in [0.2, 0.25) is 0 Å². The van der Waals surface area contributed by atoms with E-state index in [1.807, 2.05) is 18.2 Å². The molecule has 1 atom stereocenters. The molecule has 0 aliphatic rings. The summed E-state index contributed by atoms with van der Waals surface area (Å²) < 4.78 is 8.03. The van der Waals surface area contributed by atoms with Gasteiger partial charge in [-0.25, -0.2) is 0 Å². The predicted molar refractivity (Wildman–Crippen MR) is 94.9 cm³/mol. The van der Waals surface area contributed by atoms with Crippen molar-refractivity contribution in [2.45, 2.75) is 26.9 Å². The van der Waals surface area contributed by atoms with Gasteiger partial charge in [-0.1, -0.05) is 35.8 Å². The molecular formula is C16H20Br2N2O. The van der Waals surface area contributed by atoms with Gasteiger partial charge >= 0.3 is 0 Å². The molecule has 114 valence electrons. The van der Waals surface area contributed by atoms with Gasteiger partial charge in [0.1, 0.15) is 11.6 Å². The topological polar surface area (TPSA) is 34.1 Å². The molecule has 3 nitrogen and oxygen atoms in total. The summed E-state index contributed by atoms with van der Waals surface area (Å²) in [7, 11) is 0. The third-order valence-electron chi connectivity index (χ3n) is 3.05. The summed E-state index contributed by atoms with van der Waals surface area (Å²) in [5.74, 6) is 1.44. The molecule has 0 bridgehead atoms. The lowest BCUT2D eigenvalue weighted by molar-refractivity contribution is 0.216. The Balaban J connectivity index is 2.18. The van der Waals surface area contributed by atoms with Gasteiger partial charge in [-0.05, 0) is 47.4 Å². The van der Waals surface area contributed by atoms with E-state index in [2.05, 4.69) is 62.9 Å². The van der Waals surface area contributed by atoms with E-state index < -0.39 is 0 Å². The largest absolute Gasteiger partial charge is 0.486 e. The van der Waals surface area contributed by atoms with Crippen LogP contribution in [0.5, 0.6) is 5.75 Å². The minimum Gasteiger partial charge on any atom is -0.486 e. The van der Waals surface area contributed by atoms with Crippen molar-refractivity contribution in [1.82, 2.24) is 10.3 Å². The Hall–Kier alpha value is -0.650. The van der Waals surface area contributed by atoms with Crippen molar-refractivity contribution in [3.8, 4) is 5.75 Å². The molecule has 1 aromatic carbocycles. The van der Waals surface area contributed by atoms with Crippen LogP contribution in [0, 0.1) is 5.92 Å². The lowest BCUT2D eigenvalue weighted by atomic mass is 10.2. The number of nitrogens with one attached hydrogen (secondary N) is 1. The number of aromatic nitrogens is 1. The molecule has 21 heavy (non-hydrogen) atoms. The van der Waals surface area contributed by atoms with Crippen molar-refractivity contribution < 1.29 is 4.74 Å². The van der Waals surface area contributed by atoms with Crippen LogP contribution in [0.3, 0.4) is 0 Å². The van der Waals surface area contributed by atoms with Crippen molar-refractivity contribution in [3.63, 3.8) is 0 Å². The number of halogens is 2. The van der Waals surface area contributed by atoms with E-state index in [0.29, 0.717) is 5.92 Å². The summed E-state index contributed by atoms with van der Waals surface area (Å²) >= 11 is 7.14. The molecule has 0 saturated carbocycles. The molecule has 0 aliphatic carbocycles. The number of ether oxygens (including phenoxy) is 1. The van der Waals surface area contributed by atoms with Gasteiger partial charge in [-0.3, -0.25) is 4.98 Å². The number of benzene rings is 1. The van der Waals surface area contributed by atoms with Crippen LogP contribution in [0.4, 0.5) is 0 Å². The zero-order valence-electron chi connectivity index (χ0n) is 12.5. The molecule has 1 unspecified atom stereocenters. The van der Waals surface area contributed by atoms with E-state index in [4.69, 9.17) is 4.74 Å². The number of fused-ring (bicyclic) bond motifs is 1. The highest BCUT2D eigenvalue weighted by Crippen LogP contribution is 2.37. The Morgan fingerprint density at radius 2 is 1.95 bits per heavy atom. The summed E-state index contributed by atoms with van der Waals surface area (Å²) in [6, 6.07) is 5.97. The van der Waals surface area contributed by atoms with E-state index >= 15 is 0 Å². The number of hydrogen-bond donors (Lipinski definition) is 1. The minimum absolute atomic E-state index is 0.0754. The standard InChI is InChI=1S/C16H20Br2N2O/c1-10(2)8-19-9-11(3)21-16-14(18)7-13(17)12-5-4-6-20-15(12)16/h4-7,10-11,19H,8-9H2,1-3H3. The fraction of sp³-hybridized carbons (Fsp3) is 0.438. The van der Waals surface area contributed by atoms with Crippen LogP contribution in [-0.2, 0) is 0 Å². The normalized spacial score (nSPS) is 12.9. The van der Waals surface area contributed by atoms with Crippen molar-refractivity contribution >= 4 is 42.8 Å². The zero-order chi connectivity index (χ0) is 15.4. The third kappa shape index (κ3) is 4.41. The number of pyridine rings is 1. The Morgan fingerprint density at radius 3 is 2.67 bits per heavy atom. The second-order valence-corrected chi connectivity index (χ2v) is 7.26. The first kappa shape index (κ1) is 16.7.